The molecule has 24 heavy (non-hydrogen) atoms. The van der Waals surface area contributed by atoms with Crippen LogP contribution in [0.15, 0.2) is 29.1 Å². The number of anilines is 1. The van der Waals surface area contributed by atoms with Gasteiger partial charge in [-0.15, -0.1) is 0 Å². The van der Waals surface area contributed by atoms with Gasteiger partial charge in [0.25, 0.3) is 5.56 Å². The van der Waals surface area contributed by atoms with Crippen LogP contribution in [-0.4, -0.2) is 28.1 Å². The fourth-order valence-electron chi connectivity index (χ4n) is 3.02. The lowest BCUT2D eigenvalue weighted by Crippen LogP contribution is -2.41. The van der Waals surface area contributed by atoms with Crippen LogP contribution in [0.5, 0.6) is 0 Å². The molecule has 1 aliphatic rings. The highest BCUT2D eigenvalue weighted by Crippen LogP contribution is 2.30. The zero-order valence-electron chi connectivity index (χ0n) is 14.8. The topological polar surface area (TPSA) is 54.3 Å². The molecule has 1 aliphatic carbocycles. The highest BCUT2D eigenvalue weighted by Gasteiger charge is 2.28. The van der Waals surface area contributed by atoms with E-state index in [1.54, 1.807) is 11.6 Å². The Morgan fingerprint density at radius 3 is 2.67 bits per heavy atom. The monoisotopic (exact) mass is 327 g/mol. The van der Waals surface area contributed by atoms with Crippen LogP contribution in [0, 0.1) is 12.8 Å². The lowest BCUT2D eigenvalue weighted by Gasteiger charge is -2.27. The summed E-state index contributed by atoms with van der Waals surface area (Å²) in [5.74, 6) is 0.659. The SMILES string of the molecule is Cc1cc2cc(NC(=O)N(CC3CC3)C(C)C)ccc2n(C)c1=O. The molecule has 2 aromatic rings. The van der Waals surface area contributed by atoms with Crippen LogP contribution in [0.1, 0.15) is 32.3 Å². The number of nitrogens with one attached hydrogen (secondary N) is 1. The Morgan fingerprint density at radius 2 is 2.04 bits per heavy atom. The first-order valence-corrected chi connectivity index (χ1v) is 8.55. The number of fused-ring (bicyclic) bond motifs is 1. The van der Waals surface area contributed by atoms with Gasteiger partial charge in [0.2, 0.25) is 0 Å². The van der Waals surface area contributed by atoms with Crippen LogP contribution in [-0.2, 0) is 7.05 Å². The van der Waals surface area contributed by atoms with Gasteiger partial charge in [-0.05, 0) is 63.8 Å². The highest BCUT2D eigenvalue weighted by atomic mass is 16.2. The van der Waals surface area contributed by atoms with Crippen molar-refractivity contribution in [3.63, 3.8) is 0 Å². The molecule has 0 unspecified atom stereocenters. The molecular formula is C19H25N3O2. The van der Waals surface area contributed by atoms with Crippen molar-refractivity contribution in [1.29, 1.82) is 0 Å². The third-order valence-electron chi connectivity index (χ3n) is 4.69. The average molecular weight is 327 g/mol. The summed E-state index contributed by atoms with van der Waals surface area (Å²) in [6, 6.07) is 7.65. The molecule has 0 spiro atoms. The Bertz CT molecular complexity index is 834. The van der Waals surface area contributed by atoms with E-state index in [9.17, 15) is 9.59 Å². The summed E-state index contributed by atoms with van der Waals surface area (Å²) >= 11 is 0. The fraction of sp³-hybridized carbons (Fsp3) is 0.474. The third kappa shape index (κ3) is 3.30. The minimum Gasteiger partial charge on any atom is -0.322 e. The standard InChI is InChI=1S/C19H25N3O2/c1-12(2)22(11-14-5-6-14)19(24)20-16-7-8-17-15(10-16)9-13(3)18(23)21(17)4/h7-10,12,14H,5-6,11H2,1-4H3,(H,20,24). The van der Waals surface area contributed by atoms with Gasteiger partial charge in [0, 0.05) is 36.3 Å². The number of aryl methyl sites for hydroxylation is 2. The molecular weight excluding hydrogens is 302 g/mol. The van der Waals surface area contributed by atoms with Crippen LogP contribution in [0.3, 0.4) is 0 Å². The fourth-order valence-corrected chi connectivity index (χ4v) is 3.02. The number of rotatable bonds is 4. The number of amides is 2. The Labute approximate surface area is 142 Å². The van der Waals surface area contributed by atoms with Gasteiger partial charge >= 0.3 is 6.03 Å². The summed E-state index contributed by atoms with van der Waals surface area (Å²) in [4.78, 5) is 26.5. The van der Waals surface area contributed by atoms with E-state index >= 15 is 0 Å². The average Bonchev–Trinajstić information content (AvgIpc) is 3.34. The van der Waals surface area contributed by atoms with Gasteiger partial charge in [0.1, 0.15) is 0 Å². The largest absolute Gasteiger partial charge is 0.322 e. The zero-order valence-corrected chi connectivity index (χ0v) is 14.8. The first-order valence-electron chi connectivity index (χ1n) is 8.55. The number of pyridine rings is 1. The highest BCUT2D eigenvalue weighted by molar-refractivity contribution is 5.93. The van der Waals surface area contributed by atoms with Crippen LogP contribution < -0.4 is 10.9 Å². The van der Waals surface area contributed by atoms with E-state index in [0.717, 1.165) is 23.1 Å². The van der Waals surface area contributed by atoms with Crippen LogP contribution in [0.4, 0.5) is 10.5 Å². The summed E-state index contributed by atoms with van der Waals surface area (Å²) in [5, 5.41) is 3.95. The first-order chi connectivity index (χ1) is 11.4. The van der Waals surface area contributed by atoms with Crippen molar-refractivity contribution in [2.75, 3.05) is 11.9 Å². The maximum Gasteiger partial charge on any atom is 0.322 e. The van der Waals surface area contributed by atoms with Gasteiger partial charge in [0.15, 0.2) is 0 Å². The van der Waals surface area contributed by atoms with Crippen molar-refractivity contribution in [3.8, 4) is 0 Å². The van der Waals surface area contributed by atoms with Crippen LogP contribution >= 0.6 is 0 Å². The van der Waals surface area contributed by atoms with E-state index in [0.29, 0.717) is 11.5 Å². The Hall–Kier alpha value is -2.30. The molecule has 5 heteroatoms. The second kappa shape index (κ2) is 6.30. The number of benzene rings is 1. The molecule has 1 saturated carbocycles. The maximum atomic E-state index is 12.6. The molecule has 1 N–H and O–H groups in total. The van der Waals surface area contributed by atoms with E-state index in [4.69, 9.17) is 0 Å². The second-order valence-corrected chi connectivity index (χ2v) is 7.08. The van der Waals surface area contributed by atoms with E-state index in [-0.39, 0.29) is 17.6 Å². The lowest BCUT2D eigenvalue weighted by atomic mass is 10.1. The summed E-state index contributed by atoms with van der Waals surface area (Å²) in [5.41, 5.74) is 2.33. The third-order valence-corrected chi connectivity index (χ3v) is 4.69. The first kappa shape index (κ1) is 16.6. The van der Waals surface area contributed by atoms with Gasteiger partial charge in [-0.25, -0.2) is 4.79 Å². The molecule has 0 saturated heterocycles. The molecule has 0 radical (unpaired) electrons. The number of urea groups is 1. The predicted molar refractivity (Wildman–Crippen MR) is 97.5 cm³/mol. The van der Waals surface area contributed by atoms with E-state index in [1.165, 1.54) is 12.8 Å². The molecule has 1 aromatic carbocycles. The number of carbonyl (C=O) groups excluding carboxylic acids is 1. The van der Waals surface area contributed by atoms with E-state index in [2.05, 4.69) is 5.32 Å². The second-order valence-electron chi connectivity index (χ2n) is 7.08. The molecule has 128 valence electrons. The van der Waals surface area contributed by atoms with Crippen molar-refractivity contribution < 1.29 is 4.79 Å². The molecule has 1 heterocycles. The number of carbonyl (C=O) groups is 1. The van der Waals surface area contributed by atoms with Crippen molar-refractivity contribution in [2.45, 2.75) is 39.7 Å². The van der Waals surface area contributed by atoms with Crippen LogP contribution in [0.2, 0.25) is 0 Å². The summed E-state index contributed by atoms with van der Waals surface area (Å²) in [6.45, 7) is 6.72. The predicted octanol–water partition coefficient (Wildman–Crippen LogP) is 3.50. The Kier molecular flexibility index (Phi) is 4.35. The van der Waals surface area contributed by atoms with Crippen LogP contribution in [0.25, 0.3) is 10.9 Å². The molecule has 3 rings (SSSR count). The number of aromatic nitrogens is 1. The molecule has 1 aromatic heterocycles. The minimum atomic E-state index is -0.0576. The maximum absolute atomic E-state index is 12.6. The number of hydrogen-bond donors (Lipinski definition) is 1. The summed E-state index contributed by atoms with van der Waals surface area (Å²) in [7, 11) is 1.77. The zero-order chi connectivity index (χ0) is 17.4. The van der Waals surface area contributed by atoms with Gasteiger partial charge in [0.05, 0.1) is 5.52 Å². The summed E-state index contributed by atoms with van der Waals surface area (Å²) in [6.07, 6.45) is 2.44. The van der Waals surface area contributed by atoms with Gasteiger partial charge in [-0.3, -0.25) is 4.79 Å². The molecule has 5 nitrogen and oxygen atoms in total. The number of hydrogen-bond acceptors (Lipinski definition) is 2. The van der Waals surface area contributed by atoms with Crippen molar-refractivity contribution in [3.05, 3.63) is 40.2 Å². The molecule has 2 amide bonds. The molecule has 1 fully saturated rings. The summed E-state index contributed by atoms with van der Waals surface area (Å²) < 4.78 is 1.64. The smallest absolute Gasteiger partial charge is 0.322 e. The Morgan fingerprint density at radius 1 is 1.33 bits per heavy atom. The van der Waals surface area contributed by atoms with E-state index in [1.807, 2.05) is 49.9 Å². The molecule has 0 bridgehead atoms. The molecule has 0 atom stereocenters. The van der Waals surface area contributed by atoms with E-state index < -0.39 is 0 Å². The van der Waals surface area contributed by atoms with Crippen molar-refractivity contribution >= 4 is 22.6 Å². The van der Waals surface area contributed by atoms with Crippen molar-refractivity contribution in [1.82, 2.24) is 9.47 Å². The van der Waals surface area contributed by atoms with Crippen molar-refractivity contribution in [2.24, 2.45) is 13.0 Å². The van der Waals surface area contributed by atoms with Gasteiger partial charge in [-0.2, -0.15) is 0 Å². The minimum absolute atomic E-state index is 0.00898. The van der Waals surface area contributed by atoms with Gasteiger partial charge in [-0.1, -0.05) is 0 Å². The molecule has 0 aliphatic heterocycles. The van der Waals surface area contributed by atoms with Gasteiger partial charge < -0.3 is 14.8 Å². The quantitative estimate of drug-likeness (QED) is 0.934. The Balaban J connectivity index is 1.85. The number of nitrogens with zero attached hydrogens (tertiary/aromatic N) is 2. The normalized spacial score (nSPS) is 14.2. The lowest BCUT2D eigenvalue weighted by molar-refractivity contribution is 0.194.